The molecular weight excluding hydrogens is 232 g/mol. The van der Waals surface area contributed by atoms with E-state index < -0.39 is 5.97 Å². The fraction of sp³-hybridized carbons (Fsp3) is 0.692. The van der Waals surface area contributed by atoms with E-state index in [2.05, 4.69) is 11.4 Å². The Morgan fingerprint density at radius 3 is 2.83 bits per heavy atom. The van der Waals surface area contributed by atoms with Gasteiger partial charge in [0.1, 0.15) is 0 Å². The topological polar surface area (TPSA) is 69.6 Å². The van der Waals surface area contributed by atoms with E-state index >= 15 is 0 Å². The molecule has 0 spiro atoms. The third-order valence-corrected chi connectivity index (χ3v) is 3.01. The van der Waals surface area contributed by atoms with Crippen molar-refractivity contribution in [3.8, 4) is 0 Å². The zero-order valence-electron chi connectivity index (χ0n) is 11.1. The van der Waals surface area contributed by atoms with Gasteiger partial charge in [0.25, 0.3) is 0 Å². The molecule has 1 aliphatic heterocycles. The summed E-state index contributed by atoms with van der Waals surface area (Å²) in [5.74, 6) is -0.872. The number of nitrogens with one attached hydrogen (secondary N) is 1. The van der Waals surface area contributed by atoms with Crippen molar-refractivity contribution in [1.82, 2.24) is 10.2 Å². The van der Waals surface area contributed by atoms with Crippen molar-refractivity contribution < 1.29 is 14.7 Å². The van der Waals surface area contributed by atoms with Crippen LogP contribution in [0.2, 0.25) is 0 Å². The van der Waals surface area contributed by atoms with E-state index in [0.717, 1.165) is 12.8 Å². The molecule has 2 N–H and O–H groups in total. The molecule has 1 atom stereocenters. The summed E-state index contributed by atoms with van der Waals surface area (Å²) in [7, 11) is 0. The molecule has 5 heteroatoms. The molecule has 5 nitrogen and oxygen atoms in total. The molecule has 18 heavy (non-hydrogen) atoms. The van der Waals surface area contributed by atoms with Crippen LogP contribution in [0.25, 0.3) is 0 Å². The predicted octanol–water partition coefficient (Wildman–Crippen LogP) is 1.99. The number of carboxylic acids is 1. The number of rotatable bonds is 5. The van der Waals surface area contributed by atoms with Gasteiger partial charge < -0.3 is 15.3 Å². The lowest BCUT2D eigenvalue weighted by Crippen LogP contribution is -2.47. The van der Waals surface area contributed by atoms with E-state index in [0.29, 0.717) is 19.5 Å². The molecule has 0 aliphatic carbocycles. The fourth-order valence-electron chi connectivity index (χ4n) is 2.14. The van der Waals surface area contributed by atoms with Gasteiger partial charge in [-0.25, -0.2) is 4.79 Å². The lowest BCUT2D eigenvalue weighted by atomic mass is 10.1. The highest BCUT2D eigenvalue weighted by Crippen LogP contribution is 2.10. The molecule has 1 rings (SSSR count). The summed E-state index contributed by atoms with van der Waals surface area (Å²) in [6.45, 7) is 5.32. The summed E-state index contributed by atoms with van der Waals surface area (Å²) in [5, 5.41) is 11.6. The lowest BCUT2D eigenvalue weighted by Gasteiger charge is -2.28. The first-order valence-electron chi connectivity index (χ1n) is 6.45. The number of urea groups is 1. The van der Waals surface area contributed by atoms with Crippen molar-refractivity contribution >= 4 is 12.0 Å². The summed E-state index contributed by atoms with van der Waals surface area (Å²) in [5.41, 5.74) is 1.18. The number of carbonyl (C=O) groups is 2. The Balaban J connectivity index is 2.50. The first-order chi connectivity index (χ1) is 8.52. The van der Waals surface area contributed by atoms with Crippen LogP contribution in [-0.4, -0.2) is 41.1 Å². The largest absolute Gasteiger partial charge is 0.481 e. The van der Waals surface area contributed by atoms with Gasteiger partial charge >= 0.3 is 12.0 Å². The van der Waals surface area contributed by atoms with Gasteiger partial charge in [-0.3, -0.25) is 4.79 Å². The minimum atomic E-state index is -0.872. The summed E-state index contributed by atoms with van der Waals surface area (Å²) in [4.78, 5) is 24.5. The molecule has 1 unspecified atom stereocenters. The van der Waals surface area contributed by atoms with Gasteiger partial charge in [0.2, 0.25) is 0 Å². The van der Waals surface area contributed by atoms with E-state index in [1.54, 1.807) is 4.90 Å². The van der Waals surface area contributed by atoms with Crippen molar-refractivity contribution in [1.29, 1.82) is 0 Å². The minimum absolute atomic E-state index is 0.0117. The van der Waals surface area contributed by atoms with Gasteiger partial charge in [0.05, 0.1) is 6.42 Å². The van der Waals surface area contributed by atoms with Crippen LogP contribution in [0.1, 0.15) is 39.5 Å². The second-order valence-electron chi connectivity index (χ2n) is 4.79. The molecule has 0 fully saturated rings. The quantitative estimate of drug-likeness (QED) is 0.737. The Bertz CT molecular complexity index is 339. The van der Waals surface area contributed by atoms with Crippen LogP contribution in [0, 0.1) is 0 Å². The van der Waals surface area contributed by atoms with E-state index in [1.807, 2.05) is 13.8 Å². The van der Waals surface area contributed by atoms with E-state index in [9.17, 15) is 9.59 Å². The normalized spacial score (nSPS) is 17.0. The van der Waals surface area contributed by atoms with Crippen LogP contribution < -0.4 is 5.32 Å². The average molecular weight is 254 g/mol. The van der Waals surface area contributed by atoms with Crippen LogP contribution in [-0.2, 0) is 4.79 Å². The van der Waals surface area contributed by atoms with Crippen LogP contribution >= 0.6 is 0 Å². The maximum absolute atomic E-state index is 12.0. The third kappa shape index (κ3) is 4.77. The second-order valence-corrected chi connectivity index (χ2v) is 4.79. The minimum Gasteiger partial charge on any atom is -0.481 e. The van der Waals surface area contributed by atoms with Gasteiger partial charge in [-0.2, -0.15) is 0 Å². The predicted molar refractivity (Wildman–Crippen MR) is 69.4 cm³/mol. The molecule has 1 heterocycles. The Morgan fingerprint density at radius 2 is 2.28 bits per heavy atom. The summed E-state index contributed by atoms with van der Waals surface area (Å²) < 4.78 is 0. The van der Waals surface area contributed by atoms with Crippen LogP contribution in [0.15, 0.2) is 11.6 Å². The zero-order chi connectivity index (χ0) is 13.5. The van der Waals surface area contributed by atoms with Gasteiger partial charge in [-0.1, -0.05) is 25.0 Å². The average Bonchev–Trinajstić information content (AvgIpc) is 2.28. The number of aliphatic carboxylic acids is 1. The molecule has 0 saturated carbocycles. The summed E-state index contributed by atoms with van der Waals surface area (Å²) in [6.07, 6.45) is 4.54. The summed E-state index contributed by atoms with van der Waals surface area (Å²) >= 11 is 0. The van der Waals surface area contributed by atoms with Crippen LogP contribution in [0.4, 0.5) is 4.79 Å². The molecule has 102 valence electrons. The lowest BCUT2D eigenvalue weighted by molar-refractivity contribution is -0.137. The number of carbonyl (C=O) groups excluding carboxylic acids is 1. The maximum atomic E-state index is 12.0. The number of amides is 2. The fourth-order valence-corrected chi connectivity index (χ4v) is 2.14. The molecule has 0 aromatic heterocycles. The van der Waals surface area contributed by atoms with Gasteiger partial charge in [-0.05, 0) is 19.8 Å². The Morgan fingerprint density at radius 1 is 1.56 bits per heavy atom. The van der Waals surface area contributed by atoms with Crippen molar-refractivity contribution in [3.05, 3.63) is 11.6 Å². The van der Waals surface area contributed by atoms with Crippen molar-refractivity contribution in [2.75, 3.05) is 13.1 Å². The van der Waals surface area contributed by atoms with E-state index in [-0.39, 0.29) is 18.5 Å². The first kappa shape index (κ1) is 14.5. The van der Waals surface area contributed by atoms with Crippen molar-refractivity contribution in [2.45, 2.75) is 45.6 Å². The number of carboxylic acid groups (broad SMARTS) is 1. The molecule has 0 aromatic carbocycles. The standard InChI is InChI=1S/C13H22N2O3/c1-3-5-11(8-12(16)17)14-13(18)15-7-4-6-10(2)9-15/h6,11H,3-5,7-9H2,1-2H3,(H,14,18)(H,16,17). The molecule has 0 radical (unpaired) electrons. The maximum Gasteiger partial charge on any atom is 0.317 e. The van der Waals surface area contributed by atoms with E-state index in [1.165, 1.54) is 5.57 Å². The van der Waals surface area contributed by atoms with Crippen molar-refractivity contribution in [3.63, 3.8) is 0 Å². The molecule has 1 aliphatic rings. The van der Waals surface area contributed by atoms with Gasteiger partial charge in [0, 0.05) is 19.1 Å². The van der Waals surface area contributed by atoms with Crippen LogP contribution in [0.3, 0.4) is 0 Å². The van der Waals surface area contributed by atoms with Crippen LogP contribution in [0.5, 0.6) is 0 Å². The van der Waals surface area contributed by atoms with Crippen molar-refractivity contribution in [2.24, 2.45) is 0 Å². The molecule has 0 bridgehead atoms. The molecular formula is C13H22N2O3. The Hall–Kier alpha value is -1.52. The summed E-state index contributed by atoms with van der Waals surface area (Å²) in [6, 6.07) is -0.423. The van der Waals surface area contributed by atoms with Gasteiger partial charge in [-0.15, -0.1) is 0 Å². The molecule has 2 amide bonds. The monoisotopic (exact) mass is 254 g/mol. The highest BCUT2D eigenvalue weighted by Gasteiger charge is 2.20. The SMILES string of the molecule is CCCC(CC(=O)O)NC(=O)N1CCC=C(C)C1. The Labute approximate surface area is 108 Å². The number of hydrogen-bond acceptors (Lipinski definition) is 2. The number of hydrogen-bond donors (Lipinski definition) is 2. The third-order valence-electron chi connectivity index (χ3n) is 3.01. The first-order valence-corrected chi connectivity index (χ1v) is 6.45. The molecule has 0 saturated heterocycles. The highest BCUT2D eigenvalue weighted by molar-refractivity contribution is 5.76. The van der Waals surface area contributed by atoms with E-state index in [4.69, 9.17) is 5.11 Å². The van der Waals surface area contributed by atoms with Gasteiger partial charge in [0.15, 0.2) is 0 Å². The Kier molecular flexibility index (Phi) is 5.68. The smallest absolute Gasteiger partial charge is 0.317 e. The number of nitrogens with zero attached hydrogens (tertiary/aromatic N) is 1. The highest BCUT2D eigenvalue weighted by atomic mass is 16.4. The molecule has 0 aromatic rings. The zero-order valence-corrected chi connectivity index (χ0v) is 11.1. The second kappa shape index (κ2) is 7.03.